The van der Waals surface area contributed by atoms with Crippen LogP contribution in [-0.4, -0.2) is 60.0 Å². The van der Waals surface area contributed by atoms with Crippen LogP contribution in [0, 0.1) is 5.92 Å². The van der Waals surface area contributed by atoms with Crippen LogP contribution in [0.25, 0.3) is 0 Å². The number of likely N-dealkylation sites (tertiary alicyclic amines) is 1. The Morgan fingerprint density at radius 1 is 1.32 bits per heavy atom. The second kappa shape index (κ2) is 11.2. The van der Waals surface area contributed by atoms with Gasteiger partial charge in [-0.15, -0.1) is 0 Å². The molecular formula is C18H36N2O2. The minimum atomic E-state index is 0.122. The number of allylic oxidation sites excluding steroid dienone is 2. The summed E-state index contributed by atoms with van der Waals surface area (Å²) in [5.74, 6) is 0.708. The molecule has 1 fully saturated rings. The molecule has 4 nitrogen and oxygen atoms in total. The zero-order chi connectivity index (χ0) is 16.4. The fourth-order valence-corrected chi connectivity index (χ4v) is 3.15. The standard InChI is InChI=1S/C18H36N2O2/c1-15(2)6-4-7-16(3)9-10-19-17(13-21)12-20-11-5-8-18(20)14-22/h6,16-19,21-22H,4-5,7-14H2,1-3H3/t16-,17?,18?/m1/s1. The van der Waals surface area contributed by atoms with E-state index < -0.39 is 0 Å². The maximum Gasteiger partial charge on any atom is 0.0597 e. The molecule has 0 radical (unpaired) electrons. The predicted molar refractivity (Wildman–Crippen MR) is 93.0 cm³/mol. The highest BCUT2D eigenvalue weighted by Crippen LogP contribution is 2.17. The van der Waals surface area contributed by atoms with Crippen molar-refractivity contribution in [1.29, 1.82) is 0 Å². The Balaban J connectivity index is 2.19. The highest BCUT2D eigenvalue weighted by atomic mass is 16.3. The Morgan fingerprint density at radius 3 is 2.73 bits per heavy atom. The Hall–Kier alpha value is -0.420. The van der Waals surface area contributed by atoms with Crippen molar-refractivity contribution >= 4 is 0 Å². The summed E-state index contributed by atoms with van der Waals surface area (Å²) in [5, 5.41) is 22.4. The van der Waals surface area contributed by atoms with E-state index in [1.807, 2.05) is 0 Å². The van der Waals surface area contributed by atoms with E-state index in [2.05, 4.69) is 37.1 Å². The third-order valence-corrected chi connectivity index (χ3v) is 4.67. The quantitative estimate of drug-likeness (QED) is 0.512. The van der Waals surface area contributed by atoms with Gasteiger partial charge in [0, 0.05) is 18.6 Å². The first kappa shape index (κ1) is 19.6. The van der Waals surface area contributed by atoms with Crippen LogP contribution in [-0.2, 0) is 0 Å². The molecule has 130 valence electrons. The lowest BCUT2D eigenvalue weighted by atomic mass is 10.0. The minimum absolute atomic E-state index is 0.122. The molecule has 1 saturated heterocycles. The Bertz CT molecular complexity index is 316. The van der Waals surface area contributed by atoms with Crippen molar-refractivity contribution in [3.05, 3.63) is 11.6 Å². The van der Waals surface area contributed by atoms with E-state index in [4.69, 9.17) is 0 Å². The van der Waals surface area contributed by atoms with Gasteiger partial charge in [-0.1, -0.05) is 18.6 Å². The number of hydrogen-bond acceptors (Lipinski definition) is 4. The van der Waals surface area contributed by atoms with Crippen LogP contribution in [0.5, 0.6) is 0 Å². The van der Waals surface area contributed by atoms with Gasteiger partial charge in [0.05, 0.1) is 13.2 Å². The number of hydrogen-bond donors (Lipinski definition) is 3. The Kier molecular flexibility index (Phi) is 9.96. The molecule has 0 spiro atoms. The van der Waals surface area contributed by atoms with Crippen molar-refractivity contribution in [3.63, 3.8) is 0 Å². The van der Waals surface area contributed by atoms with Gasteiger partial charge in [0.15, 0.2) is 0 Å². The summed E-state index contributed by atoms with van der Waals surface area (Å²) in [5.41, 5.74) is 1.40. The third kappa shape index (κ3) is 7.73. The molecule has 1 aliphatic rings. The van der Waals surface area contributed by atoms with Crippen molar-refractivity contribution < 1.29 is 10.2 Å². The van der Waals surface area contributed by atoms with Crippen molar-refractivity contribution in [2.45, 2.75) is 65.0 Å². The number of aliphatic hydroxyl groups is 2. The van der Waals surface area contributed by atoms with Crippen LogP contribution < -0.4 is 5.32 Å². The first-order valence-corrected chi connectivity index (χ1v) is 8.89. The molecule has 0 aromatic heterocycles. The lowest BCUT2D eigenvalue weighted by Crippen LogP contribution is -2.46. The third-order valence-electron chi connectivity index (χ3n) is 4.67. The molecule has 2 unspecified atom stereocenters. The van der Waals surface area contributed by atoms with Gasteiger partial charge in [0.2, 0.25) is 0 Å². The van der Waals surface area contributed by atoms with E-state index in [1.54, 1.807) is 0 Å². The van der Waals surface area contributed by atoms with Gasteiger partial charge in [-0.3, -0.25) is 4.90 Å². The molecule has 0 aromatic carbocycles. The van der Waals surface area contributed by atoms with E-state index >= 15 is 0 Å². The molecule has 0 amide bonds. The summed E-state index contributed by atoms with van der Waals surface area (Å²) in [6.45, 7) is 9.85. The number of nitrogens with zero attached hydrogens (tertiary/aromatic N) is 1. The van der Waals surface area contributed by atoms with Crippen LogP contribution in [0.4, 0.5) is 0 Å². The summed E-state index contributed by atoms with van der Waals surface area (Å²) in [4.78, 5) is 2.31. The van der Waals surface area contributed by atoms with E-state index in [0.717, 1.165) is 38.9 Å². The predicted octanol–water partition coefficient (Wildman–Crippen LogP) is 2.17. The fraction of sp³-hybridized carbons (Fsp3) is 0.889. The average molecular weight is 312 g/mol. The number of rotatable bonds is 11. The molecular weight excluding hydrogens is 276 g/mol. The smallest absolute Gasteiger partial charge is 0.0597 e. The van der Waals surface area contributed by atoms with Crippen LogP contribution in [0.1, 0.15) is 52.9 Å². The number of nitrogens with one attached hydrogen (secondary N) is 1. The highest BCUT2D eigenvalue weighted by molar-refractivity contribution is 4.92. The molecule has 1 aliphatic heterocycles. The molecule has 1 rings (SSSR count). The monoisotopic (exact) mass is 312 g/mol. The second-order valence-corrected chi connectivity index (χ2v) is 7.06. The van der Waals surface area contributed by atoms with Crippen LogP contribution >= 0.6 is 0 Å². The van der Waals surface area contributed by atoms with E-state index in [-0.39, 0.29) is 19.3 Å². The molecule has 4 heteroatoms. The van der Waals surface area contributed by atoms with Crippen LogP contribution in [0.15, 0.2) is 11.6 Å². The normalized spacial score (nSPS) is 21.8. The molecule has 0 aliphatic carbocycles. The lowest BCUT2D eigenvalue weighted by Gasteiger charge is -2.28. The molecule has 3 atom stereocenters. The molecule has 1 heterocycles. The second-order valence-electron chi connectivity index (χ2n) is 7.06. The SMILES string of the molecule is CC(C)=CCC[C@@H](C)CCNC(CO)CN1CCCC1CO. The zero-order valence-electron chi connectivity index (χ0n) is 14.7. The van der Waals surface area contributed by atoms with Gasteiger partial charge in [-0.2, -0.15) is 0 Å². The van der Waals surface area contributed by atoms with Crippen molar-refractivity contribution in [3.8, 4) is 0 Å². The first-order valence-electron chi connectivity index (χ1n) is 8.89. The lowest BCUT2D eigenvalue weighted by molar-refractivity contribution is 0.129. The molecule has 22 heavy (non-hydrogen) atoms. The zero-order valence-corrected chi connectivity index (χ0v) is 14.7. The van der Waals surface area contributed by atoms with Gasteiger partial charge in [-0.05, 0) is 65.0 Å². The van der Waals surface area contributed by atoms with E-state index in [9.17, 15) is 10.2 Å². The molecule has 3 N–H and O–H groups in total. The summed E-state index contributed by atoms with van der Waals surface area (Å²) in [6.07, 6.45) is 8.09. The molecule has 0 saturated carbocycles. The first-order chi connectivity index (χ1) is 10.6. The Labute approximate surface area is 136 Å². The van der Waals surface area contributed by atoms with Gasteiger partial charge >= 0.3 is 0 Å². The van der Waals surface area contributed by atoms with Gasteiger partial charge in [-0.25, -0.2) is 0 Å². The summed E-state index contributed by atoms with van der Waals surface area (Å²) >= 11 is 0. The highest BCUT2D eigenvalue weighted by Gasteiger charge is 2.25. The fourth-order valence-electron chi connectivity index (χ4n) is 3.15. The van der Waals surface area contributed by atoms with Gasteiger partial charge in [0.1, 0.15) is 0 Å². The van der Waals surface area contributed by atoms with E-state index in [0.29, 0.717) is 12.0 Å². The summed E-state index contributed by atoms with van der Waals surface area (Å²) < 4.78 is 0. The van der Waals surface area contributed by atoms with Crippen molar-refractivity contribution in [2.75, 3.05) is 32.8 Å². The largest absolute Gasteiger partial charge is 0.395 e. The van der Waals surface area contributed by atoms with Crippen molar-refractivity contribution in [1.82, 2.24) is 10.2 Å². The minimum Gasteiger partial charge on any atom is -0.395 e. The van der Waals surface area contributed by atoms with Crippen LogP contribution in [0.2, 0.25) is 0 Å². The Morgan fingerprint density at radius 2 is 2.09 bits per heavy atom. The maximum atomic E-state index is 9.55. The molecule has 0 aromatic rings. The van der Waals surface area contributed by atoms with Gasteiger partial charge < -0.3 is 15.5 Å². The summed E-state index contributed by atoms with van der Waals surface area (Å²) in [6, 6.07) is 0.413. The van der Waals surface area contributed by atoms with Crippen LogP contribution in [0.3, 0.4) is 0 Å². The maximum absolute atomic E-state index is 9.55. The van der Waals surface area contributed by atoms with Crippen molar-refractivity contribution in [2.24, 2.45) is 5.92 Å². The van der Waals surface area contributed by atoms with Gasteiger partial charge in [0.25, 0.3) is 0 Å². The average Bonchev–Trinajstić information content (AvgIpc) is 2.93. The topological polar surface area (TPSA) is 55.7 Å². The number of aliphatic hydroxyl groups excluding tert-OH is 2. The summed E-state index contributed by atoms with van der Waals surface area (Å²) in [7, 11) is 0. The molecule has 0 bridgehead atoms. The van der Waals surface area contributed by atoms with E-state index in [1.165, 1.54) is 18.4 Å².